The molecule has 32 heavy (non-hydrogen) atoms. The van der Waals surface area contributed by atoms with E-state index in [1.54, 1.807) is 12.1 Å². The molecule has 5 nitrogen and oxygen atoms in total. The fraction of sp³-hybridized carbons (Fsp3) is 0.478. The molecule has 2 aromatic carbocycles. The summed E-state index contributed by atoms with van der Waals surface area (Å²) in [5.74, 6) is -1.61. The number of nitrogens with zero attached hydrogens (tertiary/aromatic N) is 1. The second-order valence-corrected chi connectivity index (χ2v) is 12.8. The first-order chi connectivity index (χ1) is 15.1. The van der Waals surface area contributed by atoms with Crippen molar-refractivity contribution in [3.63, 3.8) is 0 Å². The van der Waals surface area contributed by atoms with Crippen LogP contribution in [0.3, 0.4) is 0 Å². The van der Waals surface area contributed by atoms with Gasteiger partial charge in [-0.05, 0) is 74.6 Å². The van der Waals surface area contributed by atoms with Crippen LogP contribution in [0.1, 0.15) is 49.3 Å². The standard InChI is InChI=1S/C23H29F2NO4S2/c1-31(27,28)16-6-3-7-23(21-17-18(24)8-13-22(21)25)32(29,30)20-11-9-19(10-12-20)26-14-4-2-5-15-26/h8-13,17,23H,2-7,14-16H2,1H3. The lowest BCUT2D eigenvalue weighted by Crippen LogP contribution is -2.29. The van der Waals surface area contributed by atoms with Crippen LogP contribution >= 0.6 is 0 Å². The number of hydrogen-bond acceptors (Lipinski definition) is 5. The molecule has 0 bridgehead atoms. The summed E-state index contributed by atoms with van der Waals surface area (Å²) in [5, 5.41) is -1.31. The molecule has 0 amide bonds. The van der Waals surface area contributed by atoms with Crippen molar-refractivity contribution in [2.24, 2.45) is 0 Å². The number of unbranched alkanes of at least 4 members (excludes halogenated alkanes) is 1. The Labute approximate surface area is 189 Å². The molecule has 0 aliphatic carbocycles. The molecule has 0 spiro atoms. The third kappa shape index (κ3) is 6.28. The van der Waals surface area contributed by atoms with E-state index in [1.807, 2.05) is 0 Å². The van der Waals surface area contributed by atoms with Crippen LogP contribution in [0.15, 0.2) is 47.4 Å². The van der Waals surface area contributed by atoms with Gasteiger partial charge in [-0.25, -0.2) is 25.6 Å². The average Bonchev–Trinajstić information content (AvgIpc) is 2.75. The van der Waals surface area contributed by atoms with Crippen LogP contribution in [-0.2, 0) is 19.7 Å². The van der Waals surface area contributed by atoms with Crippen LogP contribution in [-0.4, -0.2) is 41.9 Å². The molecule has 176 valence electrons. The van der Waals surface area contributed by atoms with Gasteiger partial charge in [0.25, 0.3) is 0 Å². The van der Waals surface area contributed by atoms with E-state index in [2.05, 4.69) is 4.90 Å². The quantitative estimate of drug-likeness (QED) is 0.482. The van der Waals surface area contributed by atoms with E-state index in [0.29, 0.717) is 0 Å². The monoisotopic (exact) mass is 485 g/mol. The molecule has 1 saturated heterocycles. The van der Waals surface area contributed by atoms with Crippen molar-refractivity contribution >= 4 is 25.4 Å². The molecule has 0 saturated carbocycles. The molecule has 1 fully saturated rings. The Kier molecular flexibility index (Phi) is 7.92. The molecule has 0 aromatic heterocycles. The van der Waals surface area contributed by atoms with E-state index in [0.717, 1.165) is 56.1 Å². The summed E-state index contributed by atoms with van der Waals surface area (Å²) in [6, 6.07) is 9.31. The number of rotatable bonds is 9. The fourth-order valence-electron chi connectivity index (χ4n) is 4.10. The van der Waals surface area contributed by atoms with Gasteiger partial charge in [-0.3, -0.25) is 0 Å². The first-order valence-corrected chi connectivity index (χ1v) is 14.4. The van der Waals surface area contributed by atoms with Crippen molar-refractivity contribution in [1.82, 2.24) is 0 Å². The topological polar surface area (TPSA) is 71.5 Å². The summed E-state index contributed by atoms with van der Waals surface area (Å²) < 4.78 is 78.1. The molecule has 1 atom stereocenters. The minimum atomic E-state index is -4.03. The Hall–Kier alpha value is -2.00. The highest BCUT2D eigenvalue weighted by Crippen LogP contribution is 2.36. The summed E-state index contributed by atoms with van der Waals surface area (Å²) >= 11 is 0. The molecule has 0 N–H and O–H groups in total. The average molecular weight is 486 g/mol. The summed E-state index contributed by atoms with van der Waals surface area (Å²) in [7, 11) is -7.22. The number of piperidine rings is 1. The summed E-state index contributed by atoms with van der Waals surface area (Å²) in [5.41, 5.74) is 0.703. The molecule has 1 aliphatic heterocycles. The molecule has 1 aliphatic rings. The van der Waals surface area contributed by atoms with Gasteiger partial charge in [0.15, 0.2) is 9.84 Å². The van der Waals surface area contributed by atoms with Gasteiger partial charge < -0.3 is 4.90 Å². The predicted octanol–water partition coefficient (Wildman–Crippen LogP) is 4.69. The Morgan fingerprint density at radius 3 is 2.19 bits per heavy atom. The maximum absolute atomic E-state index is 14.5. The van der Waals surface area contributed by atoms with Crippen LogP contribution in [0.2, 0.25) is 0 Å². The van der Waals surface area contributed by atoms with Crippen LogP contribution in [0.5, 0.6) is 0 Å². The highest BCUT2D eigenvalue weighted by Gasteiger charge is 2.31. The largest absolute Gasteiger partial charge is 0.372 e. The van der Waals surface area contributed by atoms with Gasteiger partial charge in [0.1, 0.15) is 21.5 Å². The fourth-order valence-corrected chi connectivity index (χ4v) is 6.66. The van der Waals surface area contributed by atoms with Crippen molar-refractivity contribution < 1.29 is 25.6 Å². The Balaban J connectivity index is 1.88. The first-order valence-electron chi connectivity index (χ1n) is 10.8. The van der Waals surface area contributed by atoms with E-state index in [-0.39, 0.29) is 35.5 Å². The van der Waals surface area contributed by atoms with Gasteiger partial charge >= 0.3 is 0 Å². The van der Waals surface area contributed by atoms with Gasteiger partial charge in [0.2, 0.25) is 0 Å². The zero-order chi connectivity index (χ0) is 23.4. The molecule has 0 radical (unpaired) electrons. The van der Waals surface area contributed by atoms with Crippen LogP contribution in [0.4, 0.5) is 14.5 Å². The maximum atomic E-state index is 14.5. The minimum Gasteiger partial charge on any atom is -0.372 e. The molecule has 2 aromatic rings. The molecule has 3 rings (SSSR count). The Morgan fingerprint density at radius 2 is 1.56 bits per heavy atom. The molecular formula is C23H29F2NO4S2. The smallest absolute Gasteiger partial charge is 0.185 e. The van der Waals surface area contributed by atoms with Gasteiger partial charge in [0.05, 0.1) is 10.1 Å². The second kappa shape index (κ2) is 10.3. The number of benzene rings is 2. The summed E-state index contributed by atoms with van der Waals surface area (Å²) in [4.78, 5) is 2.24. The van der Waals surface area contributed by atoms with Gasteiger partial charge in [0, 0.05) is 36.3 Å². The molecule has 1 heterocycles. The summed E-state index contributed by atoms with van der Waals surface area (Å²) in [6.45, 7) is 1.84. The van der Waals surface area contributed by atoms with E-state index >= 15 is 0 Å². The number of sulfone groups is 2. The van der Waals surface area contributed by atoms with E-state index in [9.17, 15) is 25.6 Å². The Morgan fingerprint density at radius 1 is 0.906 bits per heavy atom. The van der Waals surface area contributed by atoms with E-state index in [1.165, 1.54) is 18.6 Å². The SMILES string of the molecule is CS(=O)(=O)CCCCC(c1cc(F)ccc1F)S(=O)(=O)c1ccc(N2CCCCC2)cc1. The number of anilines is 1. The number of halogens is 2. The third-order valence-corrected chi connectivity index (χ3v) is 9.00. The highest BCUT2D eigenvalue weighted by molar-refractivity contribution is 7.91. The van der Waals surface area contributed by atoms with Crippen molar-refractivity contribution in [3.8, 4) is 0 Å². The van der Waals surface area contributed by atoms with Crippen LogP contribution < -0.4 is 4.90 Å². The molecular weight excluding hydrogens is 456 g/mol. The number of hydrogen-bond donors (Lipinski definition) is 0. The second-order valence-electron chi connectivity index (χ2n) is 8.37. The van der Waals surface area contributed by atoms with Gasteiger partial charge in [-0.2, -0.15) is 0 Å². The highest BCUT2D eigenvalue weighted by atomic mass is 32.2. The van der Waals surface area contributed by atoms with Crippen LogP contribution in [0, 0.1) is 11.6 Å². The normalized spacial score (nSPS) is 16.2. The lowest BCUT2D eigenvalue weighted by Gasteiger charge is -2.29. The first kappa shape index (κ1) is 24.6. The lowest BCUT2D eigenvalue weighted by molar-refractivity contribution is 0.543. The van der Waals surface area contributed by atoms with Crippen molar-refractivity contribution in [3.05, 3.63) is 59.7 Å². The predicted molar refractivity (Wildman–Crippen MR) is 122 cm³/mol. The molecule has 1 unspecified atom stereocenters. The third-order valence-electron chi connectivity index (χ3n) is 5.80. The van der Waals surface area contributed by atoms with Crippen molar-refractivity contribution in [2.75, 3.05) is 30.0 Å². The lowest BCUT2D eigenvalue weighted by atomic mass is 10.1. The van der Waals surface area contributed by atoms with Crippen molar-refractivity contribution in [2.45, 2.75) is 48.7 Å². The zero-order valence-corrected chi connectivity index (χ0v) is 19.8. The zero-order valence-electron chi connectivity index (χ0n) is 18.1. The van der Waals surface area contributed by atoms with E-state index < -0.39 is 36.6 Å². The maximum Gasteiger partial charge on any atom is 0.185 e. The van der Waals surface area contributed by atoms with Crippen molar-refractivity contribution in [1.29, 1.82) is 0 Å². The molecule has 9 heteroatoms. The van der Waals surface area contributed by atoms with Crippen LogP contribution in [0.25, 0.3) is 0 Å². The van der Waals surface area contributed by atoms with Gasteiger partial charge in [-0.1, -0.05) is 6.42 Å². The van der Waals surface area contributed by atoms with E-state index in [4.69, 9.17) is 0 Å². The summed E-state index contributed by atoms with van der Waals surface area (Å²) in [6.07, 6.45) is 4.96. The minimum absolute atomic E-state index is 0.00783. The Bertz CT molecular complexity index is 1130. The van der Waals surface area contributed by atoms with Gasteiger partial charge in [-0.15, -0.1) is 0 Å².